The molecular weight excluding hydrogens is 417 g/mol. The number of para-hydroxylation sites is 1. The van der Waals surface area contributed by atoms with Crippen molar-refractivity contribution in [1.29, 1.82) is 0 Å². The van der Waals surface area contributed by atoms with Crippen molar-refractivity contribution in [3.63, 3.8) is 0 Å². The number of thiazole rings is 1. The van der Waals surface area contributed by atoms with Crippen LogP contribution < -0.4 is 4.90 Å². The Kier molecular flexibility index (Phi) is 5.87. The molecule has 2 fully saturated rings. The average Bonchev–Trinajstić information content (AvgIpc) is 3.35. The SMILES string of the molecule is CS(=O)(=O)N1CCC(C(=O)N(C[C@@H]2CCCO2)c2nc3c(F)cccc3s2)CC1. The zero-order valence-corrected chi connectivity index (χ0v) is 17.8. The Balaban J connectivity index is 1.58. The van der Waals surface area contributed by atoms with Gasteiger partial charge in [0, 0.05) is 25.6 Å². The third-order valence-electron chi connectivity index (χ3n) is 5.54. The smallest absolute Gasteiger partial charge is 0.232 e. The van der Waals surface area contributed by atoms with E-state index in [-0.39, 0.29) is 23.4 Å². The molecule has 7 nitrogen and oxygen atoms in total. The van der Waals surface area contributed by atoms with Crippen LogP contribution in [0.1, 0.15) is 25.7 Å². The van der Waals surface area contributed by atoms with Crippen LogP contribution in [0.5, 0.6) is 0 Å². The Hall–Kier alpha value is -1.62. The Bertz CT molecular complexity index is 996. The predicted molar refractivity (Wildman–Crippen MR) is 110 cm³/mol. The first-order chi connectivity index (χ1) is 13.8. The fourth-order valence-corrected chi connectivity index (χ4v) is 5.80. The lowest BCUT2D eigenvalue weighted by Crippen LogP contribution is -2.46. The minimum atomic E-state index is -3.25. The van der Waals surface area contributed by atoms with Gasteiger partial charge in [-0.3, -0.25) is 9.69 Å². The van der Waals surface area contributed by atoms with E-state index in [1.54, 1.807) is 17.0 Å². The lowest BCUT2D eigenvalue weighted by Gasteiger charge is -2.33. The monoisotopic (exact) mass is 441 g/mol. The van der Waals surface area contributed by atoms with Gasteiger partial charge in [-0.05, 0) is 37.8 Å². The molecular formula is C19H24FN3O4S2. The number of rotatable bonds is 5. The number of aromatic nitrogens is 1. The van der Waals surface area contributed by atoms with Gasteiger partial charge in [0.2, 0.25) is 15.9 Å². The van der Waals surface area contributed by atoms with Crippen LogP contribution in [0.2, 0.25) is 0 Å². The third kappa shape index (κ3) is 4.45. The van der Waals surface area contributed by atoms with E-state index in [0.717, 1.165) is 12.8 Å². The number of benzene rings is 1. The summed E-state index contributed by atoms with van der Waals surface area (Å²) < 4.78 is 45.5. The molecule has 0 spiro atoms. The number of ether oxygens (including phenoxy) is 1. The number of hydrogen-bond acceptors (Lipinski definition) is 6. The quantitative estimate of drug-likeness (QED) is 0.713. The number of fused-ring (bicyclic) bond motifs is 1. The van der Waals surface area contributed by atoms with Crippen LogP contribution in [0.4, 0.5) is 9.52 Å². The molecule has 2 aromatic rings. The van der Waals surface area contributed by atoms with Crippen molar-refractivity contribution in [3.05, 3.63) is 24.0 Å². The summed E-state index contributed by atoms with van der Waals surface area (Å²) in [6.07, 6.45) is 3.88. The van der Waals surface area contributed by atoms with Crippen molar-refractivity contribution in [1.82, 2.24) is 9.29 Å². The average molecular weight is 442 g/mol. The van der Waals surface area contributed by atoms with Crippen LogP contribution in [0.25, 0.3) is 10.2 Å². The van der Waals surface area contributed by atoms with Crippen LogP contribution in [0.15, 0.2) is 18.2 Å². The molecule has 158 valence electrons. The number of carbonyl (C=O) groups is 1. The van der Waals surface area contributed by atoms with E-state index in [1.807, 2.05) is 0 Å². The molecule has 0 aliphatic carbocycles. The second-order valence-electron chi connectivity index (χ2n) is 7.60. The van der Waals surface area contributed by atoms with Crippen molar-refractivity contribution < 1.29 is 22.3 Å². The summed E-state index contributed by atoms with van der Waals surface area (Å²) >= 11 is 1.29. The van der Waals surface area contributed by atoms with Gasteiger partial charge in [-0.2, -0.15) is 0 Å². The number of nitrogens with zero attached hydrogens (tertiary/aromatic N) is 3. The number of sulfonamides is 1. The minimum absolute atomic E-state index is 0.0630. The molecule has 1 atom stereocenters. The van der Waals surface area contributed by atoms with Crippen molar-refractivity contribution in [2.45, 2.75) is 31.8 Å². The van der Waals surface area contributed by atoms with E-state index >= 15 is 0 Å². The normalized spacial score (nSPS) is 21.7. The van der Waals surface area contributed by atoms with E-state index in [9.17, 15) is 17.6 Å². The zero-order valence-electron chi connectivity index (χ0n) is 16.2. The van der Waals surface area contributed by atoms with Gasteiger partial charge >= 0.3 is 0 Å². The summed E-state index contributed by atoms with van der Waals surface area (Å²) in [4.78, 5) is 19.4. The molecule has 2 aliphatic rings. The van der Waals surface area contributed by atoms with E-state index in [0.29, 0.717) is 48.9 Å². The summed E-state index contributed by atoms with van der Waals surface area (Å²) in [5.74, 6) is -0.782. The molecule has 4 rings (SSSR count). The van der Waals surface area contributed by atoms with Crippen molar-refractivity contribution in [2.24, 2.45) is 5.92 Å². The molecule has 1 aromatic carbocycles. The van der Waals surface area contributed by atoms with E-state index in [2.05, 4.69) is 4.98 Å². The summed E-state index contributed by atoms with van der Waals surface area (Å²) in [6.45, 7) is 1.72. The van der Waals surface area contributed by atoms with Crippen molar-refractivity contribution >= 4 is 42.6 Å². The maximum Gasteiger partial charge on any atom is 0.232 e. The maximum absolute atomic E-state index is 14.1. The van der Waals surface area contributed by atoms with Gasteiger partial charge in [-0.1, -0.05) is 17.4 Å². The van der Waals surface area contributed by atoms with Crippen LogP contribution in [-0.2, 0) is 19.6 Å². The number of hydrogen-bond donors (Lipinski definition) is 0. The molecule has 0 unspecified atom stereocenters. The van der Waals surface area contributed by atoms with Crippen LogP contribution in [0, 0.1) is 11.7 Å². The second-order valence-corrected chi connectivity index (χ2v) is 10.6. The topological polar surface area (TPSA) is 79.8 Å². The molecule has 0 saturated carbocycles. The van der Waals surface area contributed by atoms with Gasteiger partial charge in [0.15, 0.2) is 5.13 Å². The Morgan fingerprint density at radius 1 is 1.34 bits per heavy atom. The Morgan fingerprint density at radius 3 is 2.72 bits per heavy atom. The molecule has 3 heterocycles. The van der Waals surface area contributed by atoms with Crippen LogP contribution in [-0.4, -0.2) is 62.2 Å². The molecule has 1 amide bonds. The van der Waals surface area contributed by atoms with Gasteiger partial charge in [-0.25, -0.2) is 22.1 Å². The first kappa shape index (κ1) is 20.6. The second kappa shape index (κ2) is 8.25. The summed E-state index contributed by atoms with van der Waals surface area (Å²) in [5, 5.41) is 0.469. The highest BCUT2D eigenvalue weighted by Gasteiger charge is 2.34. The minimum Gasteiger partial charge on any atom is -0.376 e. The number of halogens is 1. The molecule has 10 heteroatoms. The van der Waals surface area contributed by atoms with Crippen molar-refractivity contribution in [2.75, 3.05) is 37.4 Å². The van der Waals surface area contributed by atoms with Gasteiger partial charge in [0.1, 0.15) is 11.3 Å². The summed E-state index contributed by atoms with van der Waals surface area (Å²) in [6, 6.07) is 4.78. The fourth-order valence-electron chi connectivity index (χ4n) is 3.93. The highest BCUT2D eigenvalue weighted by molar-refractivity contribution is 7.88. The summed E-state index contributed by atoms with van der Waals surface area (Å²) in [5.41, 5.74) is 0.268. The third-order valence-corrected chi connectivity index (χ3v) is 7.88. The zero-order chi connectivity index (χ0) is 20.6. The van der Waals surface area contributed by atoms with Gasteiger partial charge in [-0.15, -0.1) is 0 Å². The fraction of sp³-hybridized carbons (Fsp3) is 0.579. The van der Waals surface area contributed by atoms with E-state index in [4.69, 9.17) is 4.74 Å². The highest BCUT2D eigenvalue weighted by atomic mass is 32.2. The van der Waals surface area contributed by atoms with Gasteiger partial charge in [0.05, 0.1) is 23.6 Å². The molecule has 1 aromatic heterocycles. The number of carbonyl (C=O) groups excluding carboxylic acids is 1. The molecule has 29 heavy (non-hydrogen) atoms. The molecule has 0 N–H and O–H groups in total. The first-order valence-corrected chi connectivity index (χ1v) is 12.4. The Labute approximate surface area is 173 Å². The van der Waals surface area contributed by atoms with Gasteiger partial charge in [0.25, 0.3) is 0 Å². The summed E-state index contributed by atoms with van der Waals surface area (Å²) in [7, 11) is -3.25. The van der Waals surface area contributed by atoms with Gasteiger partial charge < -0.3 is 4.74 Å². The van der Waals surface area contributed by atoms with Crippen LogP contribution in [0.3, 0.4) is 0 Å². The molecule has 2 aliphatic heterocycles. The first-order valence-electron chi connectivity index (χ1n) is 9.76. The molecule has 2 saturated heterocycles. The lowest BCUT2D eigenvalue weighted by atomic mass is 9.96. The number of amides is 1. The van der Waals surface area contributed by atoms with Crippen molar-refractivity contribution in [3.8, 4) is 0 Å². The predicted octanol–water partition coefficient (Wildman–Crippen LogP) is 2.62. The maximum atomic E-state index is 14.1. The number of anilines is 1. The van der Waals surface area contributed by atoms with E-state index < -0.39 is 15.8 Å². The molecule has 0 bridgehead atoms. The Morgan fingerprint density at radius 2 is 2.10 bits per heavy atom. The lowest BCUT2D eigenvalue weighted by molar-refractivity contribution is -0.123. The highest BCUT2D eigenvalue weighted by Crippen LogP contribution is 2.33. The van der Waals surface area contributed by atoms with E-state index in [1.165, 1.54) is 28.0 Å². The van der Waals surface area contributed by atoms with Crippen LogP contribution >= 0.6 is 11.3 Å². The largest absolute Gasteiger partial charge is 0.376 e. The molecule has 0 radical (unpaired) electrons. The number of piperidine rings is 1. The standard InChI is InChI=1S/C19H24FN3O4S2/c1-29(25,26)22-9-7-13(8-10-22)18(24)23(12-14-4-3-11-27-14)19-21-17-15(20)5-2-6-16(17)28-19/h2,5-6,13-14H,3-4,7-12H2,1H3/t14-/m0/s1.